The van der Waals surface area contributed by atoms with Gasteiger partial charge in [-0.3, -0.25) is 4.79 Å². The lowest BCUT2D eigenvalue weighted by Crippen LogP contribution is -2.58. The summed E-state index contributed by atoms with van der Waals surface area (Å²) in [5.41, 5.74) is 1.23. The molecule has 2 aliphatic rings. The van der Waals surface area contributed by atoms with E-state index < -0.39 is 0 Å². The van der Waals surface area contributed by atoms with E-state index in [2.05, 4.69) is 39.8 Å². The van der Waals surface area contributed by atoms with Crippen molar-refractivity contribution >= 4 is 36.4 Å². The standard InChI is InChI=1S/C17H25N3O2.2ClH/c1-13-16(18-9-11-22-13)17(21)19-14-6-5-10-20(12-14)15-7-3-2-4-8-15;;/h2-4,7-8,13-14,16,18H,5-6,9-12H2,1H3,(H,19,21);2*1H/t13-,14?,16+;;/m1../s1. The summed E-state index contributed by atoms with van der Waals surface area (Å²) in [6.45, 7) is 5.29. The SMILES string of the molecule is C[C@H]1OCCN[C@@H]1C(=O)NC1CCCN(c2ccccc2)C1.Cl.Cl. The van der Waals surface area contributed by atoms with Crippen molar-refractivity contribution < 1.29 is 9.53 Å². The average molecular weight is 376 g/mol. The number of halogens is 2. The van der Waals surface area contributed by atoms with Gasteiger partial charge in [-0.2, -0.15) is 0 Å². The van der Waals surface area contributed by atoms with Gasteiger partial charge in [0, 0.05) is 31.4 Å². The molecule has 7 heteroatoms. The van der Waals surface area contributed by atoms with E-state index in [1.54, 1.807) is 0 Å². The predicted octanol–water partition coefficient (Wildman–Crippen LogP) is 1.99. The van der Waals surface area contributed by atoms with Crippen LogP contribution in [-0.2, 0) is 9.53 Å². The number of ether oxygens (including phenoxy) is 1. The molecule has 2 aliphatic heterocycles. The van der Waals surface area contributed by atoms with Crippen LogP contribution in [0.4, 0.5) is 5.69 Å². The van der Waals surface area contributed by atoms with E-state index >= 15 is 0 Å². The van der Waals surface area contributed by atoms with Gasteiger partial charge in [0.15, 0.2) is 0 Å². The quantitative estimate of drug-likeness (QED) is 0.847. The van der Waals surface area contributed by atoms with Gasteiger partial charge < -0.3 is 20.3 Å². The van der Waals surface area contributed by atoms with E-state index in [1.165, 1.54) is 5.69 Å². The molecule has 2 fully saturated rings. The number of anilines is 1. The van der Waals surface area contributed by atoms with E-state index in [-0.39, 0.29) is 48.9 Å². The summed E-state index contributed by atoms with van der Waals surface area (Å²) < 4.78 is 5.56. The van der Waals surface area contributed by atoms with E-state index in [1.807, 2.05) is 13.0 Å². The van der Waals surface area contributed by atoms with Gasteiger partial charge in [0.2, 0.25) is 5.91 Å². The van der Waals surface area contributed by atoms with Crippen LogP contribution in [0.15, 0.2) is 30.3 Å². The van der Waals surface area contributed by atoms with Crippen molar-refractivity contribution in [2.75, 3.05) is 31.1 Å². The molecule has 2 heterocycles. The van der Waals surface area contributed by atoms with Crippen molar-refractivity contribution in [1.82, 2.24) is 10.6 Å². The highest BCUT2D eigenvalue weighted by Gasteiger charge is 2.30. The summed E-state index contributed by atoms with van der Waals surface area (Å²) in [6, 6.07) is 10.4. The lowest BCUT2D eigenvalue weighted by molar-refractivity contribution is -0.129. The Kier molecular flexibility index (Phi) is 8.84. The molecule has 0 bridgehead atoms. The Hall–Kier alpha value is -1.01. The molecular weight excluding hydrogens is 349 g/mol. The highest BCUT2D eigenvalue weighted by atomic mass is 35.5. The van der Waals surface area contributed by atoms with Crippen molar-refractivity contribution in [3.63, 3.8) is 0 Å². The zero-order valence-corrected chi connectivity index (χ0v) is 15.6. The van der Waals surface area contributed by atoms with Gasteiger partial charge in [-0.1, -0.05) is 18.2 Å². The van der Waals surface area contributed by atoms with Crippen LogP contribution in [-0.4, -0.2) is 50.3 Å². The van der Waals surface area contributed by atoms with Crippen LogP contribution in [0.2, 0.25) is 0 Å². The number of hydrogen-bond donors (Lipinski definition) is 2. The van der Waals surface area contributed by atoms with Crippen LogP contribution in [0, 0.1) is 0 Å². The van der Waals surface area contributed by atoms with Crippen molar-refractivity contribution in [1.29, 1.82) is 0 Å². The Morgan fingerprint density at radius 3 is 2.75 bits per heavy atom. The van der Waals surface area contributed by atoms with Gasteiger partial charge >= 0.3 is 0 Å². The third-order valence-corrected chi connectivity index (χ3v) is 4.49. The molecule has 1 aromatic carbocycles. The van der Waals surface area contributed by atoms with Crippen LogP contribution in [0.25, 0.3) is 0 Å². The van der Waals surface area contributed by atoms with Crippen LogP contribution in [0.5, 0.6) is 0 Å². The maximum atomic E-state index is 12.4. The highest BCUT2D eigenvalue weighted by Crippen LogP contribution is 2.19. The first-order valence-electron chi connectivity index (χ1n) is 8.19. The number of rotatable bonds is 3. The predicted molar refractivity (Wildman–Crippen MR) is 102 cm³/mol. The van der Waals surface area contributed by atoms with E-state index in [9.17, 15) is 4.79 Å². The molecule has 5 nitrogen and oxygen atoms in total. The van der Waals surface area contributed by atoms with Gasteiger partial charge in [0.05, 0.1) is 12.7 Å². The van der Waals surface area contributed by atoms with Crippen molar-refractivity contribution in [2.45, 2.75) is 38.0 Å². The molecule has 3 rings (SSSR count). The fraction of sp³-hybridized carbons (Fsp3) is 0.588. The van der Waals surface area contributed by atoms with E-state index in [0.717, 1.165) is 32.5 Å². The van der Waals surface area contributed by atoms with Crippen LogP contribution < -0.4 is 15.5 Å². The number of carbonyl (C=O) groups excluding carboxylic acids is 1. The maximum Gasteiger partial charge on any atom is 0.240 e. The highest BCUT2D eigenvalue weighted by molar-refractivity contribution is 5.85. The summed E-state index contributed by atoms with van der Waals surface area (Å²) in [7, 11) is 0. The number of nitrogens with zero attached hydrogens (tertiary/aromatic N) is 1. The summed E-state index contributed by atoms with van der Waals surface area (Å²) in [5, 5.41) is 6.45. The molecule has 0 aromatic heterocycles. The third-order valence-electron chi connectivity index (χ3n) is 4.49. The normalized spacial score (nSPS) is 26.7. The lowest BCUT2D eigenvalue weighted by Gasteiger charge is -2.36. The minimum Gasteiger partial charge on any atom is -0.375 e. The van der Waals surface area contributed by atoms with Crippen molar-refractivity contribution in [3.05, 3.63) is 30.3 Å². The smallest absolute Gasteiger partial charge is 0.240 e. The summed E-state index contributed by atoms with van der Waals surface area (Å²) in [5.74, 6) is 0.0621. The topological polar surface area (TPSA) is 53.6 Å². The molecule has 2 N–H and O–H groups in total. The molecule has 0 radical (unpaired) electrons. The van der Waals surface area contributed by atoms with Crippen molar-refractivity contribution in [2.24, 2.45) is 0 Å². The number of carbonyl (C=O) groups is 1. The Labute approximate surface area is 156 Å². The van der Waals surface area contributed by atoms with E-state index in [4.69, 9.17) is 4.74 Å². The molecular formula is C17H27Cl2N3O2. The zero-order chi connectivity index (χ0) is 15.4. The molecule has 0 spiro atoms. The van der Waals surface area contributed by atoms with E-state index in [0.29, 0.717) is 6.61 Å². The van der Waals surface area contributed by atoms with Gasteiger partial charge in [-0.15, -0.1) is 24.8 Å². The van der Waals surface area contributed by atoms with Crippen LogP contribution in [0.3, 0.4) is 0 Å². The van der Waals surface area contributed by atoms with Gasteiger partial charge in [0.1, 0.15) is 6.04 Å². The first kappa shape index (κ1) is 21.0. The van der Waals surface area contributed by atoms with Crippen LogP contribution in [0.1, 0.15) is 19.8 Å². The molecule has 136 valence electrons. The second kappa shape index (κ2) is 10.1. The fourth-order valence-electron chi connectivity index (χ4n) is 3.29. The molecule has 3 atom stereocenters. The number of nitrogens with one attached hydrogen (secondary N) is 2. The number of hydrogen-bond acceptors (Lipinski definition) is 4. The molecule has 1 aromatic rings. The molecule has 0 saturated carbocycles. The Bertz CT molecular complexity index is 504. The number of piperidine rings is 1. The summed E-state index contributed by atoms with van der Waals surface area (Å²) >= 11 is 0. The van der Waals surface area contributed by atoms with Crippen molar-refractivity contribution in [3.8, 4) is 0 Å². The number of benzene rings is 1. The molecule has 24 heavy (non-hydrogen) atoms. The van der Waals surface area contributed by atoms with Crippen LogP contribution >= 0.6 is 24.8 Å². The lowest BCUT2D eigenvalue weighted by atomic mass is 10.0. The monoisotopic (exact) mass is 375 g/mol. The Balaban J connectivity index is 0.00000144. The summed E-state index contributed by atoms with van der Waals surface area (Å²) in [4.78, 5) is 14.8. The third kappa shape index (κ3) is 5.24. The maximum absolute atomic E-state index is 12.4. The first-order chi connectivity index (χ1) is 10.7. The Morgan fingerprint density at radius 1 is 1.29 bits per heavy atom. The molecule has 1 unspecified atom stereocenters. The Morgan fingerprint density at radius 2 is 2.04 bits per heavy atom. The number of para-hydroxylation sites is 1. The zero-order valence-electron chi connectivity index (χ0n) is 13.9. The second-order valence-electron chi connectivity index (χ2n) is 6.14. The van der Waals surface area contributed by atoms with Gasteiger partial charge in [-0.05, 0) is 31.9 Å². The largest absolute Gasteiger partial charge is 0.375 e. The second-order valence-corrected chi connectivity index (χ2v) is 6.14. The molecule has 2 saturated heterocycles. The minimum absolute atomic E-state index is 0. The first-order valence-corrected chi connectivity index (χ1v) is 8.19. The fourth-order valence-corrected chi connectivity index (χ4v) is 3.29. The molecule has 1 amide bonds. The molecule has 0 aliphatic carbocycles. The van der Waals surface area contributed by atoms with Gasteiger partial charge in [0.25, 0.3) is 0 Å². The minimum atomic E-state index is -0.235. The number of morpholine rings is 1. The number of amides is 1. The van der Waals surface area contributed by atoms with Gasteiger partial charge in [-0.25, -0.2) is 0 Å². The average Bonchev–Trinajstić information content (AvgIpc) is 2.56. The summed E-state index contributed by atoms with van der Waals surface area (Å²) in [6.07, 6.45) is 2.07.